The summed E-state index contributed by atoms with van der Waals surface area (Å²) in [6.45, 7) is 0. The zero-order chi connectivity index (χ0) is 14.1. The molecule has 2 heteroatoms. The van der Waals surface area contributed by atoms with E-state index in [0.717, 1.165) is 12.8 Å². The molecule has 0 spiro atoms. The van der Waals surface area contributed by atoms with Crippen molar-refractivity contribution in [3.8, 4) is 0 Å². The van der Waals surface area contributed by atoms with E-state index in [9.17, 15) is 0 Å². The predicted octanol–water partition coefficient (Wildman–Crippen LogP) is 4.82. The first kappa shape index (κ1) is 12.3. The molecule has 0 aliphatic heterocycles. The average molecular weight is 274 g/mol. The first-order valence-electron chi connectivity index (χ1n) is 7.52. The minimum absolute atomic E-state index is 1.11. The van der Waals surface area contributed by atoms with Crippen molar-refractivity contribution in [1.29, 1.82) is 0 Å². The van der Waals surface area contributed by atoms with Crippen LogP contribution in [-0.2, 0) is 12.8 Å². The molecule has 0 amide bonds. The summed E-state index contributed by atoms with van der Waals surface area (Å²) in [5.41, 5.74) is 5.31. The molecule has 0 bridgehead atoms. The van der Waals surface area contributed by atoms with E-state index < -0.39 is 0 Å². The van der Waals surface area contributed by atoms with E-state index in [1.807, 2.05) is 0 Å². The summed E-state index contributed by atoms with van der Waals surface area (Å²) in [5, 5.41) is 2.72. The van der Waals surface area contributed by atoms with Gasteiger partial charge in [0.05, 0.1) is 0 Å². The third-order valence-electron chi connectivity index (χ3n) is 4.24. The van der Waals surface area contributed by atoms with Crippen molar-refractivity contribution < 1.29 is 0 Å². The van der Waals surface area contributed by atoms with Gasteiger partial charge in [-0.2, -0.15) is 0 Å². The van der Waals surface area contributed by atoms with Gasteiger partial charge < -0.3 is 9.97 Å². The molecule has 0 atom stereocenters. The van der Waals surface area contributed by atoms with Gasteiger partial charge in [0.1, 0.15) is 0 Å². The summed E-state index contributed by atoms with van der Waals surface area (Å²) >= 11 is 0. The van der Waals surface area contributed by atoms with Gasteiger partial charge in [-0.1, -0.05) is 36.4 Å². The smallest absolute Gasteiger partial charge is 0.0456 e. The van der Waals surface area contributed by atoms with Gasteiger partial charge in [0.15, 0.2) is 0 Å². The van der Waals surface area contributed by atoms with Gasteiger partial charge in [-0.25, -0.2) is 0 Å². The largest absolute Gasteiger partial charge is 0.361 e. The van der Waals surface area contributed by atoms with Crippen LogP contribution in [0.25, 0.3) is 21.8 Å². The van der Waals surface area contributed by atoms with Crippen molar-refractivity contribution >= 4 is 21.8 Å². The number of aromatic nitrogens is 2. The van der Waals surface area contributed by atoms with Crippen molar-refractivity contribution in [3.05, 3.63) is 72.1 Å². The van der Waals surface area contributed by atoms with Crippen LogP contribution in [0.3, 0.4) is 0 Å². The quantitative estimate of drug-likeness (QED) is 0.534. The number of rotatable bonds is 4. The van der Waals surface area contributed by atoms with Crippen LogP contribution in [0.15, 0.2) is 60.9 Å². The number of benzene rings is 2. The number of hydrogen-bond acceptors (Lipinski definition) is 0. The number of hydrogen-bond donors (Lipinski definition) is 2. The standard InChI is InChI=1S/C19H18N2/c1-3-10-18-16(8-1)14(12-20-18)6-5-7-15-13-21-19-11-4-2-9-17(15)19/h1-4,8-13,20-21H,5-7H2. The number of para-hydroxylation sites is 2. The van der Waals surface area contributed by atoms with E-state index in [0.29, 0.717) is 0 Å². The highest BCUT2D eigenvalue weighted by atomic mass is 14.7. The van der Waals surface area contributed by atoms with E-state index in [2.05, 4.69) is 70.9 Å². The first-order chi connectivity index (χ1) is 10.4. The maximum atomic E-state index is 3.36. The Balaban J connectivity index is 1.50. The minimum atomic E-state index is 1.11. The molecule has 2 heterocycles. The molecule has 0 unspecified atom stereocenters. The van der Waals surface area contributed by atoms with Gasteiger partial charge in [0, 0.05) is 34.2 Å². The first-order valence-corrected chi connectivity index (χ1v) is 7.52. The second kappa shape index (κ2) is 5.13. The molecule has 2 aromatic heterocycles. The zero-order valence-corrected chi connectivity index (χ0v) is 11.9. The molecular weight excluding hydrogens is 256 g/mol. The maximum absolute atomic E-state index is 3.36. The summed E-state index contributed by atoms with van der Waals surface area (Å²) in [4.78, 5) is 6.71. The second-order valence-corrected chi connectivity index (χ2v) is 5.57. The molecule has 4 aromatic rings. The molecule has 2 nitrogen and oxygen atoms in total. The highest BCUT2D eigenvalue weighted by Crippen LogP contribution is 2.22. The Labute approximate surface area is 123 Å². The van der Waals surface area contributed by atoms with E-state index >= 15 is 0 Å². The van der Waals surface area contributed by atoms with Crippen LogP contribution in [-0.4, -0.2) is 9.97 Å². The molecule has 0 saturated carbocycles. The molecule has 0 radical (unpaired) electrons. The van der Waals surface area contributed by atoms with E-state index in [-0.39, 0.29) is 0 Å². The fraction of sp³-hybridized carbons (Fsp3) is 0.158. The van der Waals surface area contributed by atoms with Gasteiger partial charge in [-0.15, -0.1) is 0 Å². The van der Waals surface area contributed by atoms with Crippen LogP contribution < -0.4 is 0 Å². The molecule has 0 aliphatic carbocycles. The minimum Gasteiger partial charge on any atom is -0.361 e. The molecule has 0 fully saturated rings. The summed E-state index contributed by atoms with van der Waals surface area (Å²) in [5.74, 6) is 0. The molecule has 0 aliphatic rings. The van der Waals surface area contributed by atoms with Gasteiger partial charge in [-0.3, -0.25) is 0 Å². The number of H-pyrrole nitrogens is 2. The Bertz CT molecular complexity index is 809. The highest BCUT2D eigenvalue weighted by Gasteiger charge is 2.05. The second-order valence-electron chi connectivity index (χ2n) is 5.57. The molecule has 2 aromatic carbocycles. The fourth-order valence-corrected chi connectivity index (χ4v) is 3.15. The average Bonchev–Trinajstić information content (AvgIpc) is 3.13. The topological polar surface area (TPSA) is 31.6 Å². The van der Waals surface area contributed by atoms with Gasteiger partial charge in [0.2, 0.25) is 0 Å². The van der Waals surface area contributed by atoms with Crippen LogP contribution in [0, 0.1) is 0 Å². The number of fused-ring (bicyclic) bond motifs is 2. The lowest BCUT2D eigenvalue weighted by Gasteiger charge is -2.00. The van der Waals surface area contributed by atoms with E-state index in [1.165, 1.54) is 39.4 Å². The fourth-order valence-electron chi connectivity index (χ4n) is 3.15. The monoisotopic (exact) mass is 274 g/mol. The third kappa shape index (κ3) is 2.23. The molecule has 21 heavy (non-hydrogen) atoms. The maximum Gasteiger partial charge on any atom is 0.0456 e. The molecular formula is C19H18N2. The zero-order valence-electron chi connectivity index (χ0n) is 11.9. The normalized spacial score (nSPS) is 11.4. The summed E-state index contributed by atoms with van der Waals surface area (Å²) < 4.78 is 0. The highest BCUT2D eigenvalue weighted by molar-refractivity contribution is 5.84. The summed E-state index contributed by atoms with van der Waals surface area (Å²) in [6.07, 6.45) is 7.70. The Kier molecular flexibility index (Phi) is 3.00. The van der Waals surface area contributed by atoms with Crippen molar-refractivity contribution in [3.63, 3.8) is 0 Å². The van der Waals surface area contributed by atoms with Crippen LogP contribution in [0.2, 0.25) is 0 Å². The van der Waals surface area contributed by atoms with Crippen LogP contribution in [0.1, 0.15) is 17.5 Å². The third-order valence-corrected chi connectivity index (χ3v) is 4.24. The van der Waals surface area contributed by atoms with Gasteiger partial charge in [-0.05, 0) is 42.5 Å². The van der Waals surface area contributed by atoms with Crippen molar-refractivity contribution in [2.24, 2.45) is 0 Å². The molecule has 0 saturated heterocycles. The molecule has 4 rings (SSSR count). The Morgan fingerprint density at radius 2 is 1.10 bits per heavy atom. The van der Waals surface area contributed by atoms with Crippen molar-refractivity contribution in [2.45, 2.75) is 19.3 Å². The molecule has 104 valence electrons. The van der Waals surface area contributed by atoms with E-state index in [4.69, 9.17) is 0 Å². The van der Waals surface area contributed by atoms with E-state index in [1.54, 1.807) is 0 Å². The van der Waals surface area contributed by atoms with Crippen molar-refractivity contribution in [1.82, 2.24) is 9.97 Å². The van der Waals surface area contributed by atoms with Crippen molar-refractivity contribution in [2.75, 3.05) is 0 Å². The van der Waals surface area contributed by atoms with Gasteiger partial charge in [0.25, 0.3) is 0 Å². The predicted molar refractivity (Wildman–Crippen MR) is 88.6 cm³/mol. The SMILES string of the molecule is c1ccc2c(CCCc3c[nH]c4ccccc34)c[nH]c2c1. The summed E-state index contributed by atoms with van der Waals surface area (Å²) in [6, 6.07) is 17.1. The Morgan fingerprint density at radius 3 is 1.62 bits per heavy atom. The summed E-state index contributed by atoms with van der Waals surface area (Å²) in [7, 11) is 0. The van der Waals surface area contributed by atoms with Crippen LogP contribution >= 0.6 is 0 Å². The lowest BCUT2D eigenvalue weighted by molar-refractivity contribution is 0.829. The lowest BCUT2D eigenvalue weighted by atomic mass is 10.0. The van der Waals surface area contributed by atoms with Gasteiger partial charge >= 0.3 is 0 Å². The number of aromatic amines is 2. The Hall–Kier alpha value is -2.48. The van der Waals surface area contributed by atoms with Crippen LogP contribution in [0.5, 0.6) is 0 Å². The van der Waals surface area contributed by atoms with Crippen LogP contribution in [0.4, 0.5) is 0 Å². The number of nitrogens with one attached hydrogen (secondary N) is 2. The molecule has 2 N–H and O–H groups in total. The lowest BCUT2D eigenvalue weighted by Crippen LogP contribution is -1.88. The number of aryl methyl sites for hydroxylation is 2. The Morgan fingerprint density at radius 1 is 0.619 bits per heavy atom.